The summed E-state index contributed by atoms with van der Waals surface area (Å²) in [4.78, 5) is 0. The summed E-state index contributed by atoms with van der Waals surface area (Å²) >= 11 is 0. The van der Waals surface area contributed by atoms with Crippen molar-refractivity contribution >= 4 is 43.7 Å². The number of nitrogens with zero attached hydrogens (tertiary/aromatic N) is 1. The van der Waals surface area contributed by atoms with E-state index in [0.717, 1.165) is 27.5 Å². The molecule has 0 saturated carbocycles. The summed E-state index contributed by atoms with van der Waals surface area (Å²) in [5, 5.41) is 4.93. The normalized spacial score (nSPS) is 15.1. The molecule has 0 amide bonds. The second-order valence-corrected chi connectivity index (χ2v) is 15.3. The summed E-state index contributed by atoms with van der Waals surface area (Å²) in [5.74, 6) is 0. The largest absolute Gasteiger partial charge is 0.455 e. The van der Waals surface area contributed by atoms with Gasteiger partial charge in [-0.15, -0.1) is 0 Å². The molecule has 238 valence electrons. The molecule has 0 unspecified atom stereocenters. The molecule has 7 aromatic carbocycles. The summed E-state index contributed by atoms with van der Waals surface area (Å²) in [6.45, 7) is 9.56. The van der Waals surface area contributed by atoms with E-state index in [1.54, 1.807) is 0 Å². The van der Waals surface area contributed by atoms with Crippen molar-refractivity contribution in [2.24, 2.45) is 0 Å². The molecule has 50 heavy (non-hydrogen) atoms. The molecule has 2 heterocycles. The minimum atomic E-state index is -0.186. The molecule has 0 aliphatic heterocycles. The Kier molecular flexibility index (Phi) is 5.28. The van der Waals surface area contributed by atoms with Crippen molar-refractivity contribution < 1.29 is 4.42 Å². The number of benzene rings is 7. The molecular weight excluding hydrogens is 607 g/mol. The van der Waals surface area contributed by atoms with Crippen LogP contribution in [0.5, 0.6) is 0 Å². The molecule has 2 aromatic heterocycles. The predicted molar refractivity (Wildman–Crippen MR) is 209 cm³/mol. The van der Waals surface area contributed by atoms with Crippen molar-refractivity contribution in [2.45, 2.75) is 38.5 Å². The smallest absolute Gasteiger partial charge is 0.143 e. The monoisotopic (exact) mass is 641 g/mol. The molecule has 0 N–H and O–H groups in total. The molecule has 2 aliphatic rings. The number of aromatic nitrogens is 1. The average Bonchev–Trinajstić information content (AvgIpc) is 3.82. The van der Waals surface area contributed by atoms with E-state index in [2.05, 4.69) is 166 Å². The lowest BCUT2D eigenvalue weighted by atomic mass is 9.81. The maximum atomic E-state index is 6.46. The Morgan fingerprint density at radius 1 is 0.460 bits per heavy atom. The van der Waals surface area contributed by atoms with E-state index in [4.69, 9.17) is 4.42 Å². The first-order valence-corrected chi connectivity index (χ1v) is 17.7. The zero-order valence-electron chi connectivity index (χ0n) is 28.6. The third-order valence-electron chi connectivity index (χ3n) is 12.0. The van der Waals surface area contributed by atoms with E-state index in [1.807, 2.05) is 6.07 Å². The van der Waals surface area contributed by atoms with Gasteiger partial charge in [0, 0.05) is 43.6 Å². The molecule has 9 aromatic rings. The van der Waals surface area contributed by atoms with Crippen LogP contribution in [0.15, 0.2) is 144 Å². The summed E-state index contributed by atoms with van der Waals surface area (Å²) in [5.41, 5.74) is 18.6. The van der Waals surface area contributed by atoms with Crippen LogP contribution >= 0.6 is 0 Å². The highest BCUT2D eigenvalue weighted by Crippen LogP contribution is 2.54. The Hall–Kier alpha value is -5.86. The molecule has 2 heteroatoms. The molecule has 2 aliphatic carbocycles. The van der Waals surface area contributed by atoms with E-state index in [9.17, 15) is 0 Å². The number of rotatable bonds is 2. The highest BCUT2D eigenvalue weighted by atomic mass is 16.3. The molecule has 11 rings (SSSR count). The molecule has 0 atom stereocenters. The summed E-state index contributed by atoms with van der Waals surface area (Å²) in [6, 6.07) is 51.6. The Bertz CT molecular complexity index is 2930. The van der Waals surface area contributed by atoms with Gasteiger partial charge in [-0.3, -0.25) is 0 Å². The van der Waals surface area contributed by atoms with Gasteiger partial charge in [-0.2, -0.15) is 0 Å². The fraction of sp³-hybridized carbons (Fsp3) is 0.125. The van der Waals surface area contributed by atoms with E-state index in [1.165, 1.54) is 77.6 Å². The molecular formula is C48H35NO. The predicted octanol–water partition coefficient (Wildman–Crippen LogP) is 13.0. The molecule has 2 nitrogen and oxygen atoms in total. The Morgan fingerprint density at radius 2 is 1.12 bits per heavy atom. The van der Waals surface area contributed by atoms with Crippen molar-refractivity contribution in [1.82, 2.24) is 4.57 Å². The number of para-hydroxylation sites is 3. The van der Waals surface area contributed by atoms with Gasteiger partial charge in [-0.25, -0.2) is 0 Å². The van der Waals surface area contributed by atoms with Crippen LogP contribution in [-0.2, 0) is 10.8 Å². The lowest BCUT2D eigenvalue weighted by molar-refractivity contribution is 0.659. The average molecular weight is 642 g/mol. The minimum Gasteiger partial charge on any atom is -0.455 e. The van der Waals surface area contributed by atoms with Crippen molar-refractivity contribution in [2.75, 3.05) is 0 Å². The van der Waals surface area contributed by atoms with Crippen LogP contribution in [0.25, 0.3) is 82.8 Å². The van der Waals surface area contributed by atoms with Crippen molar-refractivity contribution in [3.05, 3.63) is 162 Å². The SMILES string of the molecule is CC1(C)c2cc(-c3cccc4c3oc3ccccc34)ccc2-c2ccc(-n3c4ccccc4c4ccc5c(c43)C(C)(C)c3ccccc3-5)cc21. The standard InChI is InChI=1S/C48H35NO/c1-47(2)40-26-28(30-15-11-16-38-35-14-7-10-19-43(35)50-46(30)38)20-22-32(40)33-23-21-29(27-41(33)47)49-42-18-9-6-13-34(42)37-25-24-36-31-12-5-8-17-39(31)48(3,4)44(36)45(37)49/h5-27H,1-4H3. The molecule has 0 saturated heterocycles. The van der Waals surface area contributed by atoms with Crippen LogP contribution in [0.4, 0.5) is 0 Å². The summed E-state index contributed by atoms with van der Waals surface area (Å²) in [7, 11) is 0. The second kappa shape index (κ2) is 9.43. The fourth-order valence-corrected chi connectivity index (χ4v) is 9.59. The number of fused-ring (bicyclic) bond motifs is 13. The van der Waals surface area contributed by atoms with E-state index >= 15 is 0 Å². The first-order valence-electron chi connectivity index (χ1n) is 17.7. The fourth-order valence-electron chi connectivity index (χ4n) is 9.59. The highest BCUT2D eigenvalue weighted by Gasteiger charge is 2.39. The Balaban J connectivity index is 1.11. The first kappa shape index (κ1) is 28.0. The van der Waals surface area contributed by atoms with Gasteiger partial charge in [0.25, 0.3) is 0 Å². The van der Waals surface area contributed by atoms with Gasteiger partial charge >= 0.3 is 0 Å². The van der Waals surface area contributed by atoms with Crippen LogP contribution in [0.3, 0.4) is 0 Å². The lowest BCUT2D eigenvalue weighted by Crippen LogP contribution is -2.17. The van der Waals surface area contributed by atoms with Gasteiger partial charge < -0.3 is 8.98 Å². The topological polar surface area (TPSA) is 18.1 Å². The van der Waals surface area contributed by atoms with Crippen LogP contribution in [0, 0.1) is 0 Å². The molecule has 0 fully saturated rings. The van der Waals surface area contributed by atoms with Crippen molar-refractivity contribution in [3.63, 3.8) is 0 Å². The van der Waals surface area contributed by atoms with Crippen molar-refractivity contribution in [3.8, 4) is 39.1 Å². The number of hydrogen-bond donors (Lipinski definition) is 0. The maximum Gasteiger partial charge on any atom is 0.143 e. The third-order valence-corrected chi connectivity index (χ3v) is 12.0. The van der Waals surface area contributed by atoms with Gasteiger partial charge in [0.2, 0.25) is 0 Å². The quantitative estimate of drug-likeness (QED) is 0.184. The molecule has 0 radical (unpaired) electrons. The van der Waals surface area contributed by atoms with Crippen LogP contribution < -0.4 is 0 Å². The summed E-state index contributed by atoms with van der Waals surface area (Å²) < 4.78 is 9.01. The highest BCUT2D eigenvalue weighted by molar-refractivity contribution is 6.13. The lowest BCUT2D eigenvalue weighted by Gasteiger charge is -2.25. The van der Waals surface area contributed by atoms with Gasteiger partial charge in [-0.1, -0.05) is 137 Å². The maximum absolute atomic E-state index is 6.46. The van der Waals surface area contributed by atoms with Gasteiger partial charge in [0.15, 0.2) is 0 Å². The van der Waals surface area contributed by atoms with E-state index in [0.29, 0.717) is 0 Å². The van der Waals surface area contributed by atoms with Crippen LogP contribution in [0.2, 0.25) is 0 Å². The van der Waals surface area contributed by atoms with Gasteiger partial charge in [0.05, 0.1) is 11.0 Å². The molecule has 0 spiro atoms. The Labute approximate surface area is 291 Å². The zero-order valence-corrected chi connectivity index (χ0v) is 28.6. The molecule has 0 bridgehead atoms. The summed E-state index contributed by atoms with van der Waals surface area (Å²) in [6.07, 6.45) is 0. The van der Waals surface area contributed by atoms with E-state index in [-0.39, 0.29) is 10.8 Å². The van der Waals surface area contributed by atoms with E-state index < -0.39 is 0 Å². The second-order valence-electron chi connectivity index (χ2n) is 15.3. The van der Waals surface area contributed by atoms with Gasteiger partial charge in [-0.05, 0) is 80.4 Å². The zero-order chi connectivity index (χ0) is 33.5. The number of hydrogen-bond acceptors (Lipinski definition) is 1. The van der Waals surface area contributed by atoms with Crippen LogP contribution in [0.1, 0.15) is 49.9 Å². The first-order chi connectivity index (χ1) is 24.3. The minimum absolute atomic E-state index is 0.122. The van der Waals surface area contributed by atoms with Crippen molar-refractivity contribution in [1.29, 1.82) is 0 Å². The van der Waals surface area contributed by atoms with Crippen LogP contribution in [-0.4, -0.2) is 4.57 Å². The third kappa shape index (κ3) is 3.43. The Morgan fingerprint density at radius 3 is 2.00 bits per heavy atom. The van der Waals surface area contributed by atoms with Gasteiger partial charge in [0.1, 0.15) is 11.2 Å². The number of furan rings is 1.